The van der Waals surface area contributed by atoms with Crippen molar-refractivity contribution in [1.82, 2.24) is 14.7 Å². The van der Waals surface area contributed by atoms with Crippen LogP contribution in [0.3, 0.4) is 0 Å². The van der Waals surface area contributed by atoms with E-state index in [4.69, 9.17) is 0 Å². The Balaban J connectivity index is 1.49. The van der Waals surface area contributed by atoms with Gasteiger partial charge in [0.25, 0.3) is 0 Å². The number of carbonyl (C=O) groups is 3. The number of thiophene rings is 1. The van der Waals surface area contributed by atoms with Gasteiger partial charge in [0.05, 0.1) is 12.0 Å². The van der Waals surface area contributed by atoms with Crippen LogP contribution >= 0.6 is 11.3 Å². The van der Waals surface area contributed by atoms with Crippen molar-refractivity contribution in [1.29, 1.82) is 0 Å². The quantitative estimate of drug-likeness (QED) is 0.512. The van der Waals surface area contributed by atoms with Crippen molar-refractivity contribution < 1.29 is 14.4 Å². The highest BCUT2D eigenvalue weighted by Crippen LogP contribution is 2.41. The number of likely N-dealkylation sites (tertiary alicyclic amines) is 2. The molecule has 3 amide bonds. The highest BCUT2D eigenvalue weighted by Gasteiger charge is 2.54. The van der Waals surface area contributed by atoms with E-state index in [0.717, 1.165) is 36.5 Å². The Morgan fingerprint density at radius 2 is 1.94 bits per heavy atom. The maximum atomic E-state index is 13.7. The summed E-state index contributed by atoms with van der Waals surface area (Å²) in [7, 11) is 1.83. The summed E-state index contributed by atoms with van der Waals surface area (Å²) < 4.78 is 0. The van der Waals surface area contributed by atoms with Gasteiger partial charge >= 0.3 is 0 Å². The Kier molecular flexibility index (Phi) is 7.53. The lowest BCUT2D eigenvalue weighted by atomic mass is 9.75. The number of nitrogens with zero attached hydrogens (tertiary/aromatic N) is 3. The van der Waals surface area contributed by atoms with Crippen LogP contribution in [0.5, 0.6) is 0 Å². The van der Waals surface area contributed by atoms with Gasteiger partial charge in [0.1, 0.15) is 0 Å². The summed E-state index contributed by atoms with van der Waals surface area (Å²) in [4.78, 5) is 46.8. The molecule has 3 heterocycles. The second-order valence-electron chi connectivity index (χ2n) is 10.2. The van der Waals surface area contributed by atoms with Crippen molar-refractivity contribution in [2.24, 2.45) is 11.8 Å². The Hall–Kier alpha value is -2.51. The third-order valence-corrected chi connectivity index (χ3v) is 7.89. The summed E-state index contributed by atoms with van der Waals surface area (Å²) in [6, 6.07) is 13.2. The Morgan fingerprint density at radius 3 is 2.62 bits per heavy atom. The van der Waals surface area contributed by atoms with Gasteiger partial charge in [0.2, 0.25) is 17.7 Å². The van der Waals surface area contributed by atoms with Gasteiger partial charge in [-0.1, -0.05) is 50.2 Å². The number of benzene rings is 1. The maximum absolute atomic E-state index is 13.7. The SMILES string of the molecule is CC(C)CN1CC[C@@H](CN(C)C(=O)C[C@@]2(c3ccccc3)CC(=O)N(Cc3cccs3)C2=O)C1. The Labute approximate surface area is 206 Å². The molecule has 1 aromatic carbocycles. The molecule has 2 aromatic rings. The zero-order valence-corrected chi connectivity index (χ0v) is 21.2. The van der Waals surface area contributed by atoms with E-state index in [1.807, 2.05) is 54.9 Å². The van der Waals surface area contributed by atoms with Crippen LogP contribution in [0.15, 0.2) is 47.8 Å². The molecule has 0 aliphatic carbocycles. The molecule has 4 rings (SSSR count). The van der Waals surface area contributed by atoms with Crippen molar-refractivity contribution in [2.45, 2.75) is 45.1 Å². The molecule has 0 radical (unpaired) electrons. The van der Waals surface area contributed by atoms with Crippen LogP contribution in [0.1, 0.15) is 43.6 Å². The first-order chi connectivity index (χ1) is 16.3. The number of hydrogen-bond donors (Lipinski definition) is 0. The molecule has 0 N–H and O–H groups in total. The lowest BCUT2D eigenvalue weighted by molar-refractivity contribution is -0.143. The number of rotatable bonds is 9. The molecule has 2 aliphatic rings. The Bertz CT molecular complexity index is 1010. The normalized spacial score (nSPS) is 23.3. The van der Waals surface area contributed by atoms with Gasteiger partial charge in [-0.3, -0.25) is 19.3 Å². The second-order valence-corrected chi connectivity index (χ2v) is 11.3. The van der Waals surface area contributed by atoms with Gasteiger partial charge in [-0.05, 0) is 41.8 Å². The fraction of sp³-hybridized carbons (Fsp3) is 0.519. The summed E-state index contributed by atoms with van der Waals surface area (Å²) in [6.07, 6.45) is 1.13. The van der Waals surface area contributed by atoms with E-state index in [-0.39, 0.29) is 37.1 Å². The summed E-state index contributed by atoms with van der Waals surface area (Å²) >= 11 is 1.52. The van der Waals surface area contributed by atoms with Crippen LogP contribution in [-0.2, 0) is 26.3 Å². The van der Waals surface area contributed by atoms with Crippen LogP contribution in [0.4, 0.5) is 0 Å². The van der Waals surface area contributed by atoms with Gasteiger partial charge in [-0.2, -0.15) is 0 Å². The predicted octanol–water partition coefficient (Wildman–Crippen LogP) is 3.77. The van der Waals surface area contributed by atoms with Crippen LogP contribution in [-0.4, -0.2) is 65.6 Å². The van der Waals surface area contributed by atoms with Crippen LogP contribution in [0.25, 0.3) is 0 Å². The summed E-state index contributed by atoms with van der Waals surface area (Å²) in [5.74, 6) is 0.523. The molecule has 2 fully saturated rings. The number of amides is 3. The molecule has 6 nitrogen and oxygen atoms in total. The average Bonchev–Trinajstić information content (AvgIpc) is 3.52. The maximum Gasteiger partial charge on any atom is 0.241 e. The predicted molar refractivity (Wildman–Crippen MR) is 134 cm³/mol. The van der Waals surface area contributed by atoms with E-state index in [0.29, 0.717) is 18.4 Å². The average molecular weight is 482 g/mol. The molecule has 182 valence electrons. The molecule has 0 unspecified atom stereocenters. The van der Waals surface area contributed by atoms with Gasteiger partial charge in [-0.25, -0.2) is 0 Å². The zero-order valence-electron chi connectivity index (χ0n) is 20.4. The third-order valence-electron chi connectivity index (χ3n) is 7.03. The first-order valence-corrected chi connectivity index (χ1v) is 13.1. The van der Waals surface area contributed by atoms with Gasteiger partial charge in [0.15, 0.2) is 0 Å². The van der Waals surface area contributed by atoms with E-state index in [1.165, 1.54) is 16.2 Å². The molecular formula is C27H35N3O3S. The van der Waals surface area contributed by atoms with E-state index in [9.17, 15) is 14.4 Å². The number of carbonyl (C=O) groups excluding carboxylic acids is 3. The molecule has 1 aromatic heterocycles. The summed E-state index contributed by atoms with van der Waals surface area (Å²) in [5.41, 5.74) is -0.395. The zero-order chi connectivity index (χ0) is 24.3. The smallest absolute Gasteiger partial charge is 0.241 e. The third kappa shape index (κ3) is 5.26. The monoisotopic (exact) mass is 481 g/mol. The number of hydrogen-bond acceptors (Lipinski definition) is 5. The lowest BCUT2D eigenvalue weighted by Crippen LogP contribution is -2.43. The molecule has 0 bridgehead atoms. The van der Waals surface area contributed by atoms with E-state index in [1.54, 1.807) is 4.90 Å². The molecule has 0 spiro atoms. The highest BCUT2D eigenvalue weighted by molar-refractivity contribution is 7.09. The molecule has 2 saturated heterocycles. The van der Waals surface area contributed by atoms with Crippen LogP contribution in [0, 0.1) is 11.8 Å². The molecule has 2 aliphatic heterocycles. The van der Waals surface area contributed by atoms with Crippen LogP contribution < -0.4 is 0 Å². The van der Waals surface area contributed by atoms with Crippen molar-refractivity contribution in [3.05, 3.63) is 58.3 Å². The Morgan fingerprint density at radius 1 is 1.18 bits per heavy atom. The minimum absolute atomic E-state index is 0.0153. The van der Waals surface area contributed by atoms with Crippen molar-refractivity contribution in [3.8, 4) is 0 Å². The molecule has 7 heteroatoms. The standard InChI is InChI=1S/C27H35N3O3S/c1-20(2)16-29-12-11-21(18-29)17-28(3)24(31)14-27(22-8-5-4-6-9-22)15-25(32)30(26(27)33)19-23-10-7-13-34-23/h4-10,13,20-21H,11-12,14-19H2,1-3H3/t21-,27-/m0/s1. The first kappa shape index (κ1) is 24.6. The first-order valence-electron chi connectivity index (χ1n) is 12.2. The van der Waals surface area contributed by atoms with E-state index >= 15 is 0 Å². The van der Waals surface area contributed by atoms with Crippen molar-refractivity contribution in [3.63, 3.8) is 0 Å². The topological polar surface area (TPSA) is 60.9 Å². The lowest BCUT2D eigenvalue weighted by Gasteiger charge is -2.30. The fourth-order valence-corrected chi connectivity index (χ4v) is 6.06. The molecular weight excluding hydrogens is 446 g/mol. The van der Waals surface area contributed by atoms with E-state index in [2.05, 4.69) is 18.7 Å². The largest absolute Gasteiger partial charge is 0.345 e. The summed E-state index contributed by atoms with van der Waals surface area (Å²) in [5, 5.41) is 1.94. The van der Waals surface area contributed by atoms with Gasteiger partial charge in [-0.15, -0.1) is 11.3 Å². The number of imide groups is 1. The molecule has 34 heavy (non-hydrogen) atoms. The van der Waals surface area contributed by atoms with E-state index < -0.39 is 5.41 Å². The highest BCUT2D eigenvalue weighted by atomic mass is 32.1. The van der Waals surface area contributed by atoms with Gasteiger partial charge in [0, 0.05) is 44.4 Å². The molecule has 2 atom stereocenters. The minimum atomic E-state index is -1.14. The van der Waals surface area contributed by atoms with Crippen LogP contribution in [0.2, 0.25) is 0 Å². The van der Waals surface area contributed by atoms with Crippen molar-refractivity contribution >= 4 is 29.1 Å². The minimum Gasteiger partial charge on any atom is -0.345 e. The van der Waals surface area contributed by atoms with Gasteiger partial charge < -0.3 is 9.80 Å². The summed E-state index contributed by atoms with van der Waals surface area (Å²) in [6.45, 7) is 8.57. The molecule has 0 saturated carbocycles. The fourth-order valence-electron chi connectivity index (χ4n) is 5.37. The second kappa shape index (κ2) is 10.4. The van der Waals surface area contributed by atoms with Crippen molar-refractivity contribution in [2.75, 3.05) is 33.2 Å².